The van der Waals surface area contributed by atoms with E-state index in [2.05, 4.69) is 10.6 Å². The number of benzene rings is 1. The van der Waals surface area contributed by atoms with Crippen molar-refractivity contribution in [2.24, 2.45) is 11.8 Å². The summed E-state index contributed by atoms with van der Waals surface area (Å²) in [7, 11) is 1.52. The Hall–Kier alpha value is -2.94. The Morgan fingerprint density at radius 1 is 1.08 bits per heavy atom. The predicted octanol–water partition coefficient (Wildman–Crippen LogP) is 1.11. The molecule has 0 unspecified atom stereocenters. The van der Waals surface area contributed by atoms with Gasteiger partial charge in [0.05, 0.1) is 0 Å². The number of carbonyl (C=O) groups is 4. The minimum absolute atomic E-state index is 0.0262. The van der Waals surface area contributed by atoms with Gasteiger partial charge in [0.15, 0.2) is 0 Å². The lowest BCUT2D eigenvalue weighted by Crippen LogP contribution is -2.63. The second kappa shape index (κ2) is 11.9. The Labute approximate surface area is 212 Å². The molecular formula is C27H38N4O5. The molecule has 9 heteroatoms. The monoisotopic (exact) mass is 498 g/mol. The third-order valence-electron chi connectivity index (χ3n) is 7.72. The highest BCUT2D eigenvalue weighted by Gasteiger charge is 2.44. The zero-order valence-corrected chi connectivity index (χ0v) is 21.3. The summed E-state index contributed by atoms with van der Waals surface area (Å²) in [5.41, 5.74) is 1.09. The summed E-state index contributed by atoms with van der Waals surface area (Å²) in [4.78, 5) is 55.7. The molecule has 0 aromatic heterocycles. The summed E-state index contributed by atoms with van der Waals surface area (Å²) in [6.07, 6.45) is 3.68. The number of piperidine rings is 2. The number of amides is 4. The van der Waals surface area contributed by atoms with E-state index < -0.39 is 12.1 Å². The molecule has 5 atom stereocenters. The number of hydrogen-bond donors (Lipinski definition) is 2. The van der Waals surface area contributed by atoms with Gasteiger partial charge in [0.2, 0.25) is 23.6 Å². The van der Waals surface area contributed by atoms with E-state index in [1.54, 1.807) is 6.92 Å². The van der Waals surface area contributed by atoms with Gasteiger partial charge < -0.3 is 25.2 Å². The van der Waals surface area contributed by atoms with Crippen molar-refractivity contribution in [3.8, 4) is 0 Å². The van der Waals surface area contributed by atoms with Crippen LogP contribution in [0.15, 0.2) is 30.3 Å². The minimum Gasteiger partial charge on any atom is -0.375 e. The van der Waals surface area contributed by atoms with Crippen LogP contribution in [0.1, 0.15) is 44.6 Å². The molecule has 3 aliphatic heterocycles. The number of nitrogens with zero attached hydrogens (tertiary/aromatic N) is 2. The van der Waals surface area contributed by atoms with Crippen molar-refractivity contribution in [1.29, 1.82) is 0 Å². The summed E-state index contributed by atoms with van der Waals surface area (Å²) in [6, 6.07) is 8.40. The van der Waals surface area contributed by atoms with Gasteiger partial charge in [-0.15, -0.1) is 0 Å². The summed E-state index contributed by atoms with van der Waals surface area (Å²) in [5.74, 6) is -0.248. The second-order valence-corrected chi connectivity index (χ2v) is 10.4. The summed E-state index contributed by atoms with van der Waals surface area (Å²) in [5, 5.41) is 5.77. The van der Waals surface area contributed by atoms with Crippen molar-refractivity contribution in [1.82, 2.24) is 20.4 Å². The highest BCUT2D eigenvalue weighted by atomic mass is 16.5. The van der Waals surface area contributed by atoms with Crippen LogP contribution >= 0.6 is 0 Å². The molecule has 0 saturated carbocycles. The number of nitrogens with one attached hydrogen (secondary N) is 2. The molecule has 3 saturated heterocycles. The predicted molar refractivity (Wildman–Crippen MR) is 134 cm³/mol. The molecule has 0 aliphatic carbocycles. The highest BCUT2D eigenvalue weighted by Crippen LogP contribution is 2.36. The summed E-state index contributed by atoms with van der Waals surface area (Å²) < 4.78 is 5.04. The van der Waals surface area contributed by atoms with E-state index in [0.29, 0.717) is 51.7 Å². The highest BCUT2D eigenvalue weighted by molar-refractivity contribution is 5.92. The van der Waals surface area contributed by atoms with Crippen LogP contribution in [0.2, 0.25) is 0 Å². The molecule has 3 fully saturated rings. The Bertz CT molecular complexity index is 955. The third kappa shape index (κ3) is 6.24. The molecule has 4 amide bonds. The zero-order valence-electron chi connectivity index (χ0n) is 21.3. The SMILES string of the molecule is COCC(=O)N1C[C@@H]2C[C@H](C1)[C@@H]1CCCC(=O)N[C@@H](CCc3ccccc3)C(=O)N[C@H](C)C(=O)N1C2. The van der Waals surface area contributed by atoms with E-state index in [4.69, 9.17) is 4.74 Å². The number of likely N-dealkylation sites (tertiary alicyclic amines) is 1. The number of methoxy groups -OCH3 is 1. The van der Waals surface area contributed by atoms with E-state index in [1.807, 2.05) is 40.1 Å². The number of hydrogen-bond acceptors (Lipinski definition) is 5. The fourth-order valence-electron chi connectivity index (χ4n) is 5.98. The van der Waals surface area contributed by atoms with Gasteiger partial charge in [-0.3, -0.25) is 19.2 Å². The average molecular weight is 499 g/mol. The normalized spacial score (nSPS) is 29.4. The molecule has 2 bridgehead atoms. The number of aryl methyl sites for hydroxylation is 1. The smallest absolute Gasteiger partial charge is 0.248 e. The zero-order chi connectivity index (χ0) is 25.7. The molecule has 0 radical (unpaired) electrons. The van der Waals surface area contributed by atoms with Gasteiger partial charge in [-0.1, -0.05) is 30.3 Å². The van der Waals surface area contributed by atoms with E-state index in [9.17, 15) is 19.2 Å². The third-order valence-corrected chi connectivity index (χ3v) is 7.72. The first kappa shape index (κ1) is 26.1. The molecule has 2 N–H and O–H groups in total. The van der Waals surface area contributed by atoms with Crippen molar-refractivity contribution >= 4 is 23.6 Å². The van der Waals surface area contributed by atoms with Crippen LogP contribution in [0, 0.1) is 11.8 Å². The maximum Gasteiger partial charge on any atom is 0.248 e. The van der Waals surface area contributed by atoms with Crippen LogP contribution in [-0.2, 0) is 30.3 Å². The van der Waals surface area contributed by atoms with Crippen molar-refractivity contribution in [3.05, 3.63) is 35.9 Å². The molecule has 36 heavy (non-hydrogen) atoms. The molecule has 196 valence electrons. The Morgan fingerprint density at radius 2 is 1.86 bits per heavy atom. The molecule has 4 rings (SSSR count). The van der Waals surface area contributed by atoms with E-state index >= 15 is 0 Å². The van der Waals surface area contributed by atoms with Gasteiger partial charge in [-0.05, 0) is 56.4 Å². The van der Waals surface area contributed by atoms with Crippen LogP contribution in [0.3, 0.4) is 0 Å². The first-order valence-electron chi connectivity index (χ1n) is 13.1. The number of rotatable bonds is 5. The molecule has 3 heterocycles. The lowest BCUT2D eigenvalue weighted by molar-refractivity contribution is -0.149. The number of ether oxygens (including phenoxy) is 1. The number of fused-ring (bicyclic) bond motifs is 4. The van der Waals surface area contributed by atoms with Gasteiger partial charge in [-0.25, -0.2) is 0 Å². The Kier molecular flexibility index (Phi) is 8.61. The fraction of sp³-hybridized carbons (Fsp3) is 0.630. The molecule has 9 nitrogen and oxygen atoms in total. The lowest BCUT2D eigenvalue weighted by Gasteiger charge is -2.51. The fourth-order valence-corrected chi connectivity index (χ4v) is 5.98. The van der Waals surface area contributed by atoms with Crippen molar-refractivity contribution in [3.63, 3.8) is 0 Å². The molecule has 1 aromatic rings. The van der Waals surface area contributed by atoms with Crippen molar-refractivity contribution in [2.45, 2.75) is 63.6 Å². The Balaban J connectivity index is 1.47. The van der Waals surface area contributed by atoms with E-state index in [-0.39, 0.29) is 48.1 Å². The lowest BCUT2D eigenvalue weighted by atomic mass is 9.77. The largest absolute Gasteiger partial charge is 0.375 e. The van der Waals surface area contributed by atoms with E-state index in [1.165, 1.54) is 7.11 Å². The maximum absolute atomic E-state index is 13.6. The first-order valence-corrected chi connectivity index (χ1v) is 13.1. The van der Waals surface area contributed by atoms with E-state index in [0.717, 1.165) is 12.0 Å². The van der Waals surface area contributed by atoms with Gasteiger partial charge >= 0.3 is 0 Å². The van der Waals surface area contributed by atoms with Gasteiger partial charge in [0.25, 0.3) is 0 Å². The van der Waals surface area contributed by atoms with Gasteiger partial charge in [0, 0.05) is 39.2 Å². The first-order chi connectivity index (χ1) is 17.4. The van der Waals surface area contributed by atoms with Crippen LogP contribution in [0.25, 0.3) is 0 Å². The molecule has 0 spiro atoms. The molecular weight excluding hydrogens is 460 g/mol. The maximum atomic E-state index is 13.6. The average Bonchev–Trinajstić information content (AvgIpc) is 2.87. The van der Waals surface area contributed by atoms with Crippen LogP contribution in [0.4, 0.5) is 0 Å². The quantitative estimate of drug-likeness (QED) is 0.633. The van der Waals surface area contributed by atoms with Gasteiger partial charge in [0.1, 0.15) is 18.7 Å². The second-order valence-electron chi connectivity index (χ2n) is 10.4. The standard InChI is InChI=1S/C27H38N4O5/c1-18-27(35)31-15-20-13-21(16-30(14-20)25(33)17-36-2)23(31)9-6-10-24(32)29-22(26(34)28-18)12-11-19-7-4-3-5-8-19/h3-5,7-8,18,20-23H,6,9-17H2,1-2H3,(H,28,34)(H,29,32)/t18-,20+,21-,22+,23+/m1/s1. The van der Waals surface area contributed by atoms with Crippen LogP contribution in [-0.4, -0.2) is 84.9 Å². The number of carbonyl (C=O) groups excluding carboxylic acids is 4. The van der Waals surface area contributed by atoms with Gasteiger partial charge in [-0.2, -0.15) is 0 Å². The Morgan fingerprint density at radius 3 is 2.61 bits per heavy atom. The van der Waals surface area contributed by atoms with Crippen LogP contribution < -0.4 is 10.6 Å². The van der Waals surface area contributed by atoms with Crippen molar-refractivity contribution in [2.75, 3.05) is 33.4 Å². The molecule has 3 aliphatic rings. The van der Waals surface area contributed by atoms with Crippen molar-refractivity contribution < 1.29 is 23.9 Å². The van der Waals surface area contributed by atoms with Crippen LogP contribution in [0.5, 0.6) is 0 Å². The summed E-state index contributed by atoms with van der Waals surface area (Å²) in [6.45, 7) is 3.53. The topological polar surface area (TPSA) is 108 Å². The minimum atomic E-state index is -0.694. The molecule has 1 aromatic carbocycles. The summed E-state index contributed by atoms with van der Waals surface area (Å²) >= 11 is 0.